The van der Waals surface area contributed by atoms with Crippen LogP contribution in [0, 0.1) is 11.8 Å². The van der Waals surface area contributed by atoms with E-state index in [4.69, 9.17) is 0 Å². The van der Waals surface area contributed by atoms with Gasteiger partial charge in [-0.2, -0.15) is 0 Å². The lowest BCUT2D eigenvalue weighted by molar-refractivity contribution is -0.126. The second kappa shape index (κ2) is 6.18. The summed E-state index contributed by atoms with van der Waals surface area (Å²) in [4.78, 5) is 22.9. The normalized spacial score (nSPS) is 32.1. The molecule has 3 unspecified atom stereocenters. The highest BCUT2D eigenvalue weighted by Gasteiger charge is 2.29. The Hall–Kier alpha value is -1.10. The first-order valence-corrected chi connectivity index (χ1v) is 6.88. The van der Waals surface area contributed by atoms with Gasteiger partial charge in [-0.25, -0.2) is 0 Å². The van der Waals surface area contributed by atoms with E-state index in [1.807, 2.05) is 0 Å². The molecule has 0 aromatic rings. The van der Waals surface area contributed by atoms with Crippen LogP contribution in [0.1, 0.15) is 38.5 Å². The molecule has 18 heavy (non-hydrogen) atoms. The van der Waals surface area contributed by atoms with Crippen LogP contribution in [0.3, 0.4) is 0 Å². The molecule has 0 radical (unpaired) electrons. The first-order valence-electron chi connectivity index (χ1n) is 6.88. The van der Waals surface area contributed by atoms with Gasteiger partial charge in [0.05, 0.1) is 0 Å². The third kappa shape index (κ3) is 3.22. The third-order valence-corrected chi connectivity index (χ3v) is 4.15. The second-order valence-corrected chi connectivity index (χ2v) is 5.39. The summed E-state index contributed by atoms with van der Waals surface area (Å²) >= 11 is 0. The Balaban J connectivity index is 1.76. The zero-order valence-electron chi connectivity index (χ0n) is 10.7. The van der Waals surface area contributed by atoms with Crippen LogP contribution >= 0.6 is 0 Å². The number of hydrogen-bond donors (Lipinski definition) is 3. The molecule has 3 N–H and O–H groups in total. The number of aliphatic hydroxyl groups excluding tert-OH is 1. The molecule has 0 bridgehead atoms. The van der Waals surface area contributed by atoms with Crippen LogP contribution in [-0.2, 0) is 9.59 Å². The van der Waals surface area contributed by atoms with Gasteiger partial charge in [0, 0.05) is 19.6 Å². The quantitative estimate of drug-likeness (QED) is 0.669. The van der Waals surface area contributed by atoms with E-state index >= 15 is 0 Å². The molecule has 0 aromatic carbocycles. The number of aliphatic hydroxyl groups is 1. The van der Waals surface area contributed by atoms with Gasteiger partial charge >= 0.3 is 0 Å². The fourth-order valence-electron chi connectivity index (χ4n) is 2.96. The minimum absolute atomic E-state index is 0.0407. The van der Waals surface area contributed by atoms with Crippen molar-refractivity contribution in [2.24, 2.45) is 11.8 Å². The van der Waals surface area contributed by atoms with Gasteiger partial charge in [0.15, 0.2) is 0 Å². The first kappa shape index (κ1) is 13.3. The Bertz CT molecular complexity index is 319. The molecular formula is C13H22N2O3. The Kier molecular flexibility index (Phi) is 4.58. The summed E-state index contributed by atoms with van der Waals surface area (Å²) in [5.74, 6) is 0.575. The van der Waals surface area contributed by atoms with Crippen LogP contribution in [0.4, 0.5) is 0 Å². The van der Waals surface area contributed by atoms with Crippen molar-refractivity contribution in [3.63, 3.8) is 0 Å². The van der Waals surface area contributed by atoms with E-state index < -0.39 is 0 Å². The van der Waals surface area contributed by atoms with Gasteiger partial charge in [0.1, 0.15) is 6.04 Å². The van der Waals surface area contributed by atoms with E-state index in [0.29, 0.717) is 31.2 Å². The van der Waals surface area contributed by atoms with Gasteiger partial charge in [0.25, 0.3) is 0 Å². The van der Waals surface area contributed by atoms with Crippen molar-refractivity contribution < 1.29 is 14.7 Å². The lowest BCUT2D eigenvalue weighted by Crippen LogP contribution is -2.44. The molecule has 2 rings (SSSR count). The number of rotatable bonds is 4. The molecular weight excluding hydrogens is 232 g/mol. The van der Waals surface area contributed by atoms with Gasteiger partial charge in [-0.05, 0) is 31.1 Å². The molecule has 0 spiro atoms. The number of carbonyl (C=O) groups is 2. The van der Waals surface area contributed by atoms with Crippen LogP contribution in [0.25, 0.3) is 0 Å². The zero-order chi connectivity index (χ0) is 13.0. The van der Waals surface area contributed by atoms with Crippen molar-refractivity contribution in [1.82, 2.24) is 10.6 Å². The predicted molar refractivity (Wildman–Crippen MR) is 66.7 cm³/mol. The highest BCUT2D eigenvalue weighted by molar-refractivity contribution is 5.90. The third-order valence-electron chi connectivity index (χ3n) is 4.15. The van der Waals surface area contributed by atoms with Crippen LogP contribution in [-0.4, -0.2) is 36.1 Å². The molecule has 1 aliphatic heterocycles. The summed E-state index contributed by atoms with van der Waals surface area (Å²) < 4.78 is 0. The fourth-order valence-corrected chi connectivity index (χ4v) is 2.96. The van der Waals surface area contributed by atoms with E-state index in [1.54, 1.807) is 0 Å². The van der Waals surface area contributed by atoms with E-state index in [-0.39, 0.29) is 24.5 Å². The highest BCUT2D eigenvalue weighted by Crippen LogP contribution is 2.29. The van der Waals surface area contributed by atoms with Gasteiger partial charge in [-0.1, -0.05) is 12.8 Å². The molecule has 1 aliphatic carbocycles. The Morgan fingerprint density at radius 1 is 1.28 bits per heavy atom. The number of nitrogens with one attached hydrogen (secondary N) is 2. The first-order chi connectivity index (χ1) is 8.70. The zero-order valence-corrected chi connectivity index (χ0v) is 10.7. The molecule has 0 aromatic heterocycles. The van der Waals surface area contributed by atoms with Gasteiger partial charge < -0.3 is 15.7 Å². The molecule has 3 atom stereocenters. The topological polar surface area (TPSA) is 78.4 Å². The van der Waals surface area contributed by atoms with Crippen molar-refractivity contribution >= 4 is 11.8 Å². The largest absolute Gasteiger partial charge is 0.396 e. The SMILES string of the molecule is O=C1CCC(C(=O)NCC2CCCCC2CO)N1. The van der Waals surface area contributed by atoms with Crippen LogP contribution in [0.5, 0.6) is 0 Å². The summed E-state index contributed by atoms with van der Waals surface area (Å²) in [7, 11) is 0. The molecule has 2 amide bonds. The summed E-state index contributed by atoms with van der Waals surface area (Å²) in [6.07, 6.45) is 5.52. The summed E-state index contributed by atoms with van der Waals surface area (Å²) in [6, 6.07) is -0.353. The van der Waals surface area contributed by atoms with Gasteiger partial charge in [0.2, 0.25) is 11.8 Å². The van der Waals surface area contributed by atoms with Crippen molar-refractivity contribution in [3.8, 4) is 0 Å². The highest BCUT2D eigenvalue weighted by atomic mass is 16.3. The van der Waals surface area contributed by atoms with Gasteiger partial charge in [-0.15, -0.1) is 0 Å². The van der Waals surface area contributed by atoms with Gasteiger partial charge in [-0.3, -0.25) is 9.59 Å². The number of carbonyl (C=O) groups excluding carboxylic acids is 2. The molecule has 1 saturated carbocycles. The maximum Gasteiger partial charge on any atom is 0.242 e. The summed E-state index contributed by atoms with van der Waals surface area (Å²) in [5, 5.41) is 14.9. The van der Waals surface area contributed by atoms with Crippen molar-refractivity contribution in [3.05, 3.63) is 0 Å². The van der Waals surface area contributed by atoms with E-state index in [2.05, 4.69) is 10.6 Å². The monoisotopic (exact) mass is 254 g/mol. The second-order valence-electron chi connectivity index (χ2n) is 5.39. The van der Waals surface area contributed by atoms with Crippen LogP contribution < -0.4 is 10.6 Å². The van der Waals surface area contributed by atoms with E-state index in [0.717, 1.165) is 12.8 Å². The molecule has 2 aliphatic rings. The average Bonchev–Trinajstić information content (AvgIpc) is 2.83. The Labute approximate surface area is 107 Å². The molecule has 5 heteroatoms. The van der Waals surface area contributed by atoms with Crippen molar-refractivity contribution in [2.75, 3.05) is 13.2 Å². The lowest BCUT2D eigenvalue weighted by Gasteiger charge is -2.30. The Morgan fingerprint density at radius 3 is 2.61 bits per heavy atom. The number of hydrogen-bond acceptors (Lipinski definition) is 3. The maximum atomic E-state index is 11.8. The predicted octanol–water partition coefficient (Wildman–Crippen LogP) is 0.180. The maximum absolute atomic E-state index is 11.8. The van der Waals surface area contributed by atoms with Crippen LogP contribution in [0.15, 0.2) is 0 Å². The van der Waals surface area contributed by atoms with E-state index in [9.17, 15) is 14.7 Å². The molecule has 1 heterocycles. The minimum atomic E-state index is -0.353. The minimum Gasteiger partial charge on any atom is -0.396 e. The summed E-state index contributed by atoms with van der Waals surface area (Å²) in [6.45, 7) is 0.830. The molecule has 5 nitrogen and oxygen atoms in total. The molecule has 102 valence electrons. The van der Waals surface area contributed by atoms with Crippen molar-refractivity contribution in [2.45, 2.75) is 44.6 Å². The van der Waals surface area contributed by atoms with E-state index in [1.165, 1.54) is 12.8 Å². The number of amides is 2. The molecule has 2 fully saturated rings. The van der Waals surface area contributed by atoms with Crippen molar-refractivity contribution in [1.29, 1.82) is 0 Å². The van der Waals surface area contributed by atoms with Crippen LogP contribution in [0.2, 0.25) is 0 Å². The fraction of sp³-hybridized carbons (Fsp3) is 0.846. The Morgan fingerprint density at radius 2 is 2.00 bits per heavy atom. The lowest BCUT2D eigenvalue weighted by atomic mass is 9.79. The molecule has 1 saturated heterocycles. The summed E-state index contributed by atoms with van der Waals surface area (Å²) in [5.41, 5.74) is 0. The standard InChI is InChI=1S/C13H22N2O3/c16-8-10-4-2-1-3-9(10)7-14-13(18)11-5-6-12(17)15-11/h9-11,16H,1-8H2,(H,14,18)(H,15,17). The smallest absolute Gasteiger partial charge is 0.242 e. The average molecular weight is 254 g/mol.